The van der Waals surface area contributed by atoms with Gasteiger partial charge in [0.1, 0.15) is 0 Å². The highest BCUT2D eigenvalue weighted by atomic mass is 35.5. The van der Waals surface area contributed by atoms with E-state index in [2.05, 4.69) is 12.0 Å². The quantitative estimate of drug-likeness (QED) is 0.794. The first-order valence-electron chi connectivity index (χ1n) is 5.88. The lowest BCUT2D eigenvalue weighted by atomic mass is 10.1. The third kappa shape index (κ3) is 2.06. The maximum atomic E-state index is 11.1. The van der Waals surface area contributed by atoms with E-state index in [1.807, 2.05) is 13.8 Å². The fourth-order valence-electron chi connectivity index (χ4n) is 2.22. The van der Waals surface area contributed by atoms with E-state index in [9.17, 15) is 4.79 Å². The number of hydrogen-bond donors (Lipinski definition) is 0. The van der Waals surface area contributed by atoms with Gasteiger partial charge in [0.2, 0.25) is 0 Å². The van der Waals surface area contributed by atoms with Gasteiger partial charge in [-0.15, -0.1) is 0 Å². The first-order chi connectivity index (χ1) is 8.58. The highest BCUT2D eigenvalue weighted by molar-refractivity contribution is 6.30. The van der Waals surface area contributed by atoms with Gasteiger partial charge in [0.25, 0.3) is 0 Å². The summed E-state index contributed by atoms with van der Waals surface area (Å²) in [7, 11) is 0. The van der Waals surface area contributed by atoms with Gasteiger partial charge in [0.15, 0.2) is 6.29 Å². The fourth-order valence-corrected chi connectivity index (χ4v) is 2.39. The standard InChI is InChI=1S/C14H15ClN2O/c1-4-13-9(2)16-17(10(13)3)14-7-12(15)6-5-11(14)8-18/h5-8H,4H2,1-3H3. The maximum Gasteiger partial charge on any atom is 0.152 e. The Labute approximate surface area is 111 Å². The molecule has 1 aromatic heterocycles. The summed E-state index contributed by atoms with van der Waals surface area (Å²) in [6.07, 6.45) is 1.75. The van der Waals surface area contributed by atoms with E-state index in [1.165, 1.54) is 5.56 Å². The lowest BCUT2D eigenvalue weighted by molar-refractivity contribution is 0.112. The number of nitrogens with zero attached hydrogens (tertiary/aromatic N) is 2. The van der Waals surface area contributed by atoms with Crippen molar-refractivity contribution in [2.24, 2.45) is 0 Å². The Morgan fingerprint density at radius 2 is 2.11 bits per heavy atom. The molecule has 0 aliphatic heterocycles. The van der Waals surface area contributed by atoms with Gasteiger partial charge in [0, 0.05) is 16.3 Å². The number of aldehydes is 1. The van der Waals surface area contributed by atoms with Crippen molar-refractivity contribution in [3.05, 3.63) is 45.7 Å². The second kappa shape index (κ2) is 4.94. The summed E-state index contributed by atoms with van der Waals surface area (Å²) in [6.45, 7) is 6.09. The van der Waals surface area contributed by atoms with Crippen LogP contribution in [0.25, 0.3) is 5.69 Å². The van der Waals surface area contributed by atoms with Crippen LogP contribution in [0.4, 0.5) is 0 Å². The second-order valence-corrected chi connectivity index (χ2v) is 4.67. The van der Waals surface area contributed by atoms with Crippen LogP contribution in [0.2, 0.25) is 5.02 Å². The molecule has 94 valence electrons. The van der Waals surface area contributed by atoms with Gasteiger partial charge >= 0.3 is 0 Å². The van der Waals surface area contributed by atoms with E-state index in [4.69, 9.17) is 11.6 Å². The van der Waals surface area contributed by atoms with Gasteiger partial charge in [-0.25, -0.2) is 4.68 Å². The number of carbonyl (C=O) groups excluding carboxylic acids is 1. The first kappa shape index (κ1) is 12.8. The molecule has 2 rings (SSSR count). The van der Waals surface area contributed by atoms with E-state index >= 15 is 0 Å². The molecule has 0 spiro atoms. The van der Waals surface area contributed by atoms with Crippen molar-refractivity contribution < 1.29 is 4.79 Å². The monoisotopic (exact) mass is 262 g/mol. The lowest BCUT2D eigenvalue weighted by Crippen LogP contribution is -2.03. The van der Waals surface area contributed by atoms with Crippen LogP contribution >= 0.6 is 11.6 Å². The molecular weight excluding hydrogens is 248 g/mol. The largest absolute Gasteiger partial charge is 0.298 e. The molecule has 0 N–H and O–H groups in total. The molecule has 1 heterocycles. The van der Waals surface area contributed by atoms with Gasteiger partial charge in [0.05, 0.1) is 11.4 Å². The Kier molecular flexibility index (Phi) is 3.53. The zero-order valence-corrected chi connectivity index (χ0v) is 11.5. The first-order valence-corrected chi connectivity index (χ1v) is 6.26. The summed E-state index contributed by atoms with van der Waals surface area (Å²) < 4.78 is 1.80. The molecule has 0 aliphatic carbocycles. The molecule has 4 heteroatoms. The molecule has 0 unspecified atom stereocenters. The van der Waals surface area contributed by atoms with Crippen molar-refractivity contribution in [1.82, 2.24) is 9.78 Å². The molecule has 0 atom stereocenters. The minimum Gasteiger partial charge on any atom is -0.298 e. The van der Waals surface area contributed by atoms with E-state index in [0.717, 1.165) is 29.8 Å². The maximum absolute atomic E-state index is 11.1. The predicted molar refractivity (Wildman–Crippen MR) is 72.8 cm³/mol. The average molecular weight is 263 g/mol. The van der Waals surface area contributed by atoms with Crippen LogP contribution in [0.5, 0.6) is 0 Å². The number of aryl methyl sites for hydroxylation is 1. The van der Waals surface area contributed by atoms with Crippen LogP contribution < -0.4 is 0 Å². The van der Waals surface area contributed by atoms with E-state index in [0.29, 0.717) is 10.6 Å². The molecule has 0 bridgehead atoms. The van der Waals surface area contributed by atoms with Crippen LogP contribution in [0.1, 0.15) is 34.2 Å². The molecule has 18 heavy (non-hydrogen) atoms. The molecule has 0 radical (unpaired) electrons. The second-order valence-electron chi connectivity index (χ2n) is 4.24. The van der Waals surface area contributed by atoms with Crippen LogP contribution in [0.15, 0.2) is 18.2 Å². The Morgan fingerprint density at radius 3 is 2.67 bits per heavy atom. The summed E-state index contributed by atoms with van der Waals surface area (Å²) in [5.41, 5.74) is 4.59. The van der Waals surface area contributed by atoms with Crippen molar-refractivity contribution in [1.29, 1.82) is 0 Å². The van der Waals surface area contributed by atoms with Crippen molar-refractivity contribution in [2.75, 3.05) is 0 Å². The van der Waals surface area contributed by atoms with Crippen molar-refractivity contribution in [3.8, 4) is 5.69 Å². The third-order valence-electron chi connectivity index (χ3n) is 3.14. The van der Waals surface area contributed by atoms with Gasteiger partial charge in [-0.1, -0.05) is 18.5 Å². The number of aromatic nitrogens is 2. The molecule has 1 aromatic carbocycles. The van der Waals surface area contributed by atoms with Crippen molar-refractivity contribution in [2.45, 2.75) is 27.2 Å². The number of rotatable bonds is 3. The molecule has 0 aliphatic rings. The summed E-state index contributed by atoms with van der Waals surface area (Å²) >= 11 is 6.00. The van der Waals surface area contributed by atoms with Crippen LogP contribution in [-0.4, -0.2) is 16.1 Å². The summed E-state index contributed by atoms with van der Waals surface area (Å²) in [6, 6.07) is 5.19. The highest BCUT2D eigenvalue weighted by Gasteiger charge is 2.13. The number of benzene rings is 1. The molecule has 0 saturated heterocycles. The predicted octanol–water partition coefficient (Wildman–Crippen LogP) is 3.52. The summed E-state index contributed by atoms with van der Waals surface area (Å²) in [4.78, 5) is 11.1. The number of hydrogen-bond acceptors (Lipinski definition) is 2. The van der Waals surface area contributed by atoms with E-state index in [-0.39, 0.29) is 0 Å². The Balaban J connectivity index is 2.68. The van der Waals surface area contributed by atoms with Gasteiger partial charge in [-0.05, 0) is 44.0 Å². The molecule has 0 fully saturated rings. The SMILES string of the molecule is CCc1c(C)nn(-c2cc(Cl)ccc2C=O)c1C. The van der Waals surface area contributed by atoms with Crippen molar-refractivity contribution >= 4 is 17.9 Å². The number of halogens is 1. The minimum atomic E-state index is 0.590. The Hall–Kier alpha value is -1.61. The minimum absolute atomic E-state index is 0.590. The van der Waals surface area contributed by atoms with Gasteiger partial charge < -0.3 is 0 Å². The average Bonchev–Trinajstić information content (AvgIpc) is 2.64. The van der Waals surface area contributed by atoms with Crippen LogP contribution in [0, 0.1) is 13.8 Å². The number of carbonyl (C=O) groups is 1. The van der Waals surface area contributed by atoms with Gasteiger partial charge in [-0.3, -0.25) is 4.79 Å². The zero-order valence-electron chi connectivity index (χ0n) is 10.7. The molecule has 2 aromatic rings. The normalized spacial score (nSPS) is 10.7. The third-order valence-corrected chi connectivity index (χ3v) is 3.38. The molecule has 3 nitrogen and oxygen atoms in total. The zero-order chi connectivity index (χ0) is 13.3. The topological polar surface area (TPSA) is 34.9 Å². The van der Waals surface area contributed by atoms with Gasteiger partial charge in [-0.2, -0.15) is 5.10 Å². The molecule has 0 saturated carbocycles. The van der Waals surface area contributed by atoms with Crippen LogP contribution in [0.3, 0.4) is 0 Å². The van der Waals surface area contributed by atoms with E-state index in [1.54, 1.807) is 22.9 Å². The Bertz CT molecular complexity index is 602. The highest BCUT2D eigenvalue weighted by Crippen LogP contribution is 2.23. The molecular formula is C14H15ClN2O. The van der Waals surface area contributed by atoms with Crippen molar-refractivity contribution in [3.63, 3.8) is 0 Å². The summed E-state index contributed by atoms with van der Waals surface area (Å²) in [5.74, 6) is 0. The lowest BCUT2D eigenvalue weighted by Gasteiger charge is -2.08. The Morgan fingerprint density at radius 1 is 1.39 bits per heavy atom. The fraction of sp³-hybridized carbons (Fsp3) is 0.286. The summed E-state index contributed by atoms with van der Waals surface area (Å²) in [5, 5.41) is 5.10. The van der Waals surface area contributed by atoms with E-state index < -0.39 is 0 Å². The van der Waals surface area contributed by atoms with Crippen LogP contribution in [-0.2, 0) is 6.42 Å². The smallest absolute Gasteiger partial charge is 0.152 e. The molecule has 0 amide bonds.